The lowest BCUT2D eigenvalue weighted by Crippen LogP contribution is -2.52. The average Bonchev–Trinajstić information content (AvgIpc) is 2.45. The van der Waals surface area contributed by atoms with Crippen LogP contribution < -0.4 is 10.6 Å². The molecule has 0 amide bonds. The molecule has 20 heavy (non-hydrogen) atoms. The Balaban J connectivity index is 1.94. The Hall–Kier alpha value is -1.75. The molecule has 1 aromatic rings. The molecule has 1 aliphatic rings. The van der Waals surface area contributed by atoms with Crippen molar-refractivity contribution in [2.24, 2.45) is 0 Å². The van der Waals surface area contributed by atoms with Gasteiger partial charge in [-0.3, -0.25) is 9.69 Å². The lowest BCUT2D eigenvalue weighted by molar-refractivity contribution is -0.143. The SMILES string of the molecule is CCCC(C(=O)O)N1CCN(c2ccc(N)cc2)CC1. The van der Waals surface area contributed by atoms with Crippen LogP contribution in [0.3, 0.4) is 0 Å². The summed E-state index contributed by atoms with van der Waals surface area (Å²) in [4.78, 5) is 15.7. The van der Waals surface area contributed by atoms with Crippen molar-refractivity contribution >= 4 is 17.3 Å². The van der Waals surface area contributed by atoms with Crippen molar-refractivity contribution in [3.8, 4) is 0 Å². The van der Waals surface area contributed by atoms with Gasteiger partial charge in [0.1, 0.15) is 6.04 Å². The van der Waals surface area contributed by atoms with Crippen LogP contribution in [0.5, 0.6) is 0 Å². The van der Waals surface area contributed by atoms with Gasteiger partial charge < -0.3 is 15.7 Å². The fourth-order valence-electron chi connectivity index (χ4n) is 2.71. The Morgan fingerprint density at radius 3 is 2.35 bits per heavy atom. The number of carbonyl (C=O) groups is 1. The molecule has 1 heterocycles. The molecule has 1 atom stereocenters. The predicted molar refractivity (Wildman–Crippen MR) is 81.0 cm³/mol. The second-order valence-electron chi connectivity index (χ2n) is 5.26. The van der Waals surface area contributed by atoms with Crippen molar-refractivity contribution in [1.29, 1.82) is 0 Å². The van der Waals surface area contributed by atoms with Crippen molar-refractivity contribution in [3.05, 3.63) is 24.3 Å². The fourth-order valence-corrected chi connectivity index (χ4v) is 2.71. The van der Waals surface area contributed by atoms with E-state index >= 15 is 0 Å². The van der Waals surface area contributed by atoms with E-state index in [9.17, 15) is 9.90 Å². The quantitative estimate of drug-likeness (QED) is 0.801. The molecule has 3 N–H and O–H groups in total. The zero-order valence-corrected chi connectivity index (χ0v) is 12.0. The van der Waals surface area contributed by atoms with Crippen molar-refractivity contribution in [1.82, 2.24) is 4.90 Å². The summed E-state index contributed by atoms with van der Waals surface area (Å²) in [5, 5.41) is 9.30. The number of rotatable bonds is 5. The summed E-state index contributed by atoms with van der Waals surface area (Å²) in [5.74, 6) is -0.701. The van der Waals surface area contributed by atoms with Crippen LogP contribution in [-0.2, 0) is 4.79 Å². The Morgan fingerprint density at radius 1 is 1.25 bits per heavy atom. The van der Waals surface area contributed by atoms with E-state index in [4.69, 9.17) is 5.73 Å². The fraction of sp³-hybridized carbons (Fsp3) is 0.533. The molecule has 1 unspecified atom stereocenters. The molecular formula is C15H23N3O2. The number of hydrogen-bond donors (Lipinski definition) is 2. The molecule has 5 heteroatoms. The lowest BCUT2D eigenvalue weighted by atomic mass is 10.1. The third-order valence-corrected chi connectivity index (χ3v) is 3.86. The largest absolute Gasteiger partial charge is 0.480 e. The normalized spacial score (nSPS) is 17.9. The minimum absolute atomic E-state index is 0.339. The van der Waals surface area contributed by atoms with Gasteiger partial charge in [-0.25, -0.2) is 0 Å². The van der Waals surface area contributed by atoms with E-state index in [0.717, 1.165) is 50.4 Å². The number of carboxylic acids is 1. The molecule has 1 aliphatic heterocycles. The summed E-state index contributed by atoms with van der Waals surface area (Å²) >= 11 is 0. The molecule has 1 saturated heterocycles. The minimum atomic E-state index is -0.701. The summed E-state index contributed by atoms with van der Waals surface area (Å²) in [6.45, 7) is 5.33. The number of piperazine rings is 1. The van der Waals surface area contributed by atoms with Gasteiger partial charge in [0.05, 0.1) is 0 Å². The first kappa shape index (κ1) is 14.7. The molecule has 5 nitrogen and oxygen atoms in total. The van der Waals surface area contributed by atoms with Gasteiger partial charge in [0.15, 0.2) is 0 Å². The Morgan fingerprint density at radius 2 is 1.85 bits per heavy atom. The van der Waals surface area contributed by atoms with Crippen LogP contribution in [0, 0.1) is 0 Å². The number of nitrogens with two attached hydrogens (primary N) is 1. The number of anilines is 2. The number of carboxylic acid groups (broad SMARTS) is 1. The Labute approximate surface area is 120 Å². The van der Waals surface area contributed by atoms with Gasteiger partial charge in [-0.1, -0.05) is 13.3 Å². The third-order valence-electron chi connectivity index (χ3n) is 3.86. The van der Waals surface area contributed by atoms with E-state index in [1.54, 1.807) is 0 Å². The van der Waals surface area contributed by atoms with Crippen LogP contribution >= 0.6 is 0 Å². The molecule has 0 saturated carbocycles. The number of nitrogens with zero attached hydrogens (tertiary/aromatic N) is 2. The molecular weight excluding hydrogens is 254 g/mol. The van der Waals surface area contributed by atoms with E-state index in [-0.39, 0.29) is 6.04 Å². The number of aliphatic carboxylic acids is 1. The highest BCUT2D eigenvalue weighted by atomic mass is 16.4. The van der Waals surface area contributed by atoms with Gasteiger partial charge in [-0.2, -0.15) is 0 Å². The molecule has 0 radical (unpaired) electrons. The highest BCUT2D eigenvalue weighted by Gasteiger charge is 2.28. The first-order valence-corrected chi connectivity index (χ1v) is 7.19. The third kappa shape index (κ3) is 3.42. The predicted octanol–water partition coefficient (Wildman–Crippen LogP) is 1.64. The standard InChI is InChI=1S/C15H23N3O2/c1-2-3-14(15(19)20)18-10-8-17(9-11-18)13-6-4-12(16)5-7-13/h4-7,14H,2-3,8-11,16H2,1H3,(H,19,20). The monoisotopic (exact) mass is 277 g/mol. The van der Waals surface area contributed by atoms with Crippen LogP contribution in [-0.4, -0.2) is 48.2 Å². The van der Waals surface area contributed by atoms with Gasteiger partial charge in [0.25, 0.3) is 0 Å². The van der Waals surface area contributed by atoms with Crippen molar-refractivity contribution < 1.29 is 9.90 Å². The summed E-state index contributed by atoms with van der Waals surface area (Å²) in [6, 6.07) is 7.50. The van der Waals surface area contributed by atoms with Crippen LogP contribution in [0.15, 0.2) is 24.3 Å². The maximum Gasteiger partial charge on any atom is 0.320 e. The minimum Gasteiger partial charge on any atom is -0.480 e. The average molecular weight is 277 g/mol. The van der Waals surface area contributed by atoms with Gasteiger partial charge in [0, 0.05) is 37.6 Å². The van der Waals surface area contributed by atoms with E-state index in [1.165, 1.54) is 0 Å². The summed E-state index contributed by atoms with van der Waals surface area (Å²) in [6.07, 6.45) is 1.62. The number of nitrogen functional groups attached to an aromatic ring is 1. The highest BCUT2D eigenvalue weighted by Crippen LogP contribution is 2.19. The van der Waals surface area contributed by atoms with Crippen LogP contribution in [0.4, 0.5) is 11.4 Å². The van der Waals surface area contributed by atoms with Crippen LogP contribution in [0.1, 0.15) is 19.8 Å². The smallest absolute Gasteiger partial charge is 0.320 e. The van der Waals surface area contributed by atoms with E-state index in [2.05, 4.69) is 9.80 Å². The van der Waals surface area contributed by atoms with Gasteiger partial charge >= 0.3 is 5.97 Å². The topological polar surface area (TPSA) is 69.8 Å². The molecule has 0 aromatic heterocycles. The summed E-state index contributed by atoms with van der Waals surface area (Å²) in [7, 11) is 0. The highest BCUT2D eigenvalue weighted by molar-refractivity contribution is 5.73. The second-order valence-corrected chi connectivity index (χ2v) is 5.26. The first-order valence-electron chi connectivity index (χ1n) is 7.19. The maximum atomic E-state index is 11.3. The van der Waals surface area contributed by atoms with E-state index < -0.39 is 5.97 Å². The van der Waals surface area contributed by atoms with Crippen molar-refractivity contribution in [3.63, 3.8) is 0 Å². The Bertz CT molecular complexity index is 439. The molecule has 1 aromatic carbocycles. The molecule has 110 valence electrons. The van der Waals surface area contributed by atoms with Crippen LogP contribution in [0.25, 0.3) is 0 Å². The van der Waals surface area contributed by atoms with Crippen LogP contribution in [0.2, 0.25) is 0 Å². The second kappa shape index (κ2) is 6.61. The molecule has 0 bridgehead atoms. The molecule has 2 rings (SSSR count). The van der Waals surface area contributed by atoms with Gasteiger partial charge in [-0.05, 0) is 30.7 Å². The van der Waals surface area contributed by atoms with E-state index in [1.807, 2.05) is 31.2 Å². The summed E-state index contributed by atoms with van der Waals surface area (Å²) in [5.41, 5.74) is 7.61. The first-order chi connectivity index (χ1) is 9.61. The van der Waals surface area contributed by atoms with Gasteiger partial charge in [-0.15, -0.1) is 0 Å². The maximum absolute atomic E-state index is 11.3. The zero-order valence-electron chi connectivity index (χ0n) is 12.0. The summed E-state index contributed by atoms with van der Waals surface area (Å²) < 4.78 is 0. The number of benzene rings is 1. The van der Waals surface area contributed by atoms with Crippen molar-refractivity contribution in [2.45, 2.75) is 25.8 Å². The Kier molecular flexibility index (Phi) is 4.84. The van der Waals surface area contributed by atoms with Crippen molar-refractivity contribution in [2.75, 3.05) is 36.8 Å². The van der Waals surface area contributed by atoms with Gasteiger partial charge in [0.2, 0.25) is 0 Å². The molecule has 1 fully saturated rings. The molecule has 0 aliphatic carbocycles. The lowest BCUT2D eigenvalue weighted by Gasteiger charge is -2.38. The number of hydrogen-bond acceptors (Lipinski definition) is 4. The zero-order chi connectivity index (χ0) is 14.5. The van der Waals surface area contributed by atoms with E-state index in [0.29, 0.717) is 0 Å². The molecule has 0 spiro atoms.